The third-order valence-electron chi connectivity index (χ3n) is 6.16. The van der Waals surface area contributed by atoms with Crippen LogP contribution in [0.15, 0.2) is 54.6 Å². The van der Waals surface area contributed by atoms with Crippen molar-refractivity contribution in [2.45, 2.75) is 39.3 Å². The fraction of sp³-hybridized carbons (Fsp3) is 0.400. The van der Waals surface area contributed by atoms with Crippen LogP contribution >= 0.6 is 11.6 Å². The van der Waals surface area contributed by atoms with E-state index in [1.165, 1.54) is 5.56 Å². The molecule has 2 aromatic carbocycles. The van der Waals surface area contributed by atoms with Crippen molar-refractivity contribution in [1.82, 2.24) is 14.8 Å². The van der Waals surface area contributed by atoms with Crippen LogP contribution in [0.1, 0.15) is 42.7 Å². The summed E-state index contributed by atoms with van der Waals surface area (Å²) < 4.78 is 0. The molecule has 2 heterocycles. The van der Waals surface area contributed by atoms with Crippen molar-refractivity contribution in [3.63, 3.8) is 0 Å². The number of aromatic nitrogens is 1. The molecule has 30 heavy (non-hydrogen) atoms. The van der Waals surface area contributed by atoms with Crippen LogP contribution in [0.2, 0.25) is 5.02 Å². The maximum atomic E-state index is 13.2. The van der Waals surface area contributed by atoms with Crippen molar-refractivity contribution in [2.24, 2.45) is 5.92 Å². The molecule has 3 aromatic rings. The van der Waals surface area contributed by atoms with E-state index in [0.717, 1.165) is 54.9 Å². The van der Waals surface area contributed by atoms with E-state index in [-0.39, 0.29) is 11.9 Å². The Morgan fingerprint density at radius 3 is 2.53 bits per heavy atom. The van der Waals surface area contributed by atoms with Crippen molar-refractivity contribution in [1.29, 1.82) is 0 Å². The van der Waals surface area contributed by atoms with Gasteiger partial charge in [0.1, 0.15) is 5.69 Å². The second-order valence-corrected chi connectivity index (χ2v) is 9.04. The molecular formula is C25H30ClN3O. The van der Waals surface area contributed by atoms with E-state index in [1.54, 1.807) is 0 Å². The first-order chi connectivity index (χ1) is 14.5. The Morgan fingerprint density at radius 1 is 1.13 bits per heavy atom. The largest absolute Gasteiger partial charge is 0.351 e. The number of hydrogen-bond donors (Lipinski definition) is 1. The molecule has 1 saturated heterocycles. The van der Waals surface area contributed by atoms with Gasteiger partial charge in [0.15, 0.2) is 0 Å². The van der Waals surface area contributed by atoms with Crippen molar-refractivity contribution >= 4 is 28.4 Å². The van der Waals surface area contributed by atoms with E-state index in [2.05, 4.69) is 29.8 Å². The Hall–Kier alpha value is -2.30. The number of likely N-dealkylation sites (tertiary alicyclic amines) is 1. The molecule has 158 valence electrons. The number of carbonyl (C=O) groups is 1. The molecule has 1 aliphatic rings. The van der Waals surface area contributed by atoms with Gasteiger partial charge in [0.2, 0.25) is 0 Å². The minimum Gasteiger partial charge on any atom is -0.351 e. The highest BCUT2D eigenvalue weighted by atomic mass is 35.5. The second-order valence-electron chi connectivity index (χ2n) is 8.63. The summed E-state index contributed by atoms with van der Waals surface area (Å²) in [6.45, 7) is 8.01. The molecule has 1 aromatic heterocycles. The zero-order valence-electron chi connectivity index (χ0n) is 17.8. The monoisotopic (exact) mass is 423 g/mol. The summed E-state index contributed by atoms with van der Waals surface area (Å²) >= 11 is 6.32. The quantitative estimate of drug-likeness (QED) is 0.561. The molecule has 0 spiro atoms. The van der Waals surface area contributed by atoms with Crippen LogP contribution in [0.4, 0.5) is 0 Å². The lowest BCUT2D eigenvalue weighted by molar-refractivity contribution is 0.0620. The summed E-state index contributed by atoms with van der Waals surface area (Å²) in [6, 6.07) is 18.3. The molecule has 0 saturated carbocycles. The number of halogens is 1. The van der Waals surface area contributed by atoms with Gasteiger partial charge in [-0.1, -0.05) is 48.0 Å². The molecule has 1 aliphatic heterocycles. The molecule has 1 amide bonds. The lowest BCUT2D eigenvalue weighted by atomic mass is 9.95. The lowest BCUT2D eigenvalue weighted by Crippen LogP contribution is -2.43. The van der Waals surface area contributed by atoms with Crippen molar-refractivity contribution < 1.29 is 4.79 Å². The van der Waals surface area contributed by atoms with Crippen LogP contribution in [-0.4, -0.2) is 46.4 Å². The maximum Gasteiger partial charge on any atom is 0.270 e. The third-order valence-corrected chi connectivity index (χ3v) is 6.53. The van der Waals surface area contributed by atoms with Gasteiger partial charge in [0.25, 0.3) is 5.91 Å². The number of H-pyrrole nitrogens is 1. The minimum absolute atomic E-state index is 0.0969. The molecule has 0 atom stereocenters. The number of benzene rings is 2. The van der Waals surface area contributed by atoms with Gasteiger partial charge in [-0.15, -0.1) is 0 Å². The predicted molar refractivity (Wildman–Crippen MR) is 124 cm³/mol. The third kappa shape index (κ3) is 4.71. The molecule has 1 N–H and O–H groups in total. The van der Waals surface area contributed by atoms with Crippen LogP contribution in [-0.2, 0) is 6.54 Å². The van der Waals surface area contributed by atoms with Gasteiger partial charge in [-0.2, -0.15) is 0 Å². The van der Waals surface area contributed by atoms with Crippen LogP contribution in [0.3, 0.4) is 0 Å². The van der Waals surface area contributed by atoms with Crippen LogP contribution in [0, 0.1) is 5.92 Å². The zero-order valence-corrected chi connectivity index (χ0v) is 18.5. The first kappa shape index (κ1) is 21.0. The Kier molecular flexibility index (Phi) is 6.45. The fourth-order valence-corrected chi connectivity index (χ4v) is 4.54. The number of rotatable bonds is 6. The number of para-hydroxylation sites is 1. The van der Waals surface area contributed by atoms with Crippen molar-refractivity contribution in [3.05, 3.63) is 70.9 Å². The standard InChI is InChI=1S/C25H30ClN3O/c1-18(2)29(25(30)24-15-20-7-4-6-10-23(20)27-24)16-19-11-13-28(14-12-19)17-21-8-3-5-9-22(21)26/h3-10,15,18-19,27H,11-14,16-17H2,1-2H3. The van der Waals surface area contributed by atoms with Gasteiger partial charge in [-0.05, 0) is 69.5 Å². The number of carbonyl (C=O) groups excluding carboxylic acids is 1. The van der Waals surface area contributed by atoms with E-state index < -0.39 is 0 Å². The van der Waals surface area contributed by atoms with Crippen molar-refractivity contribution in [3.8, 4) is 0 Å². The molecule has 0 unspecified atom stereocenters. The fourth-order valence-electron chi connectivity index (χ4n) is 4.34. The normalized spacial score (nSPS) is 15.7. The Labute approximate surface area is 183 Å². The molecule has 0 aliphatic carbocycles. The molecule has 0 bridgehead atoms. The van der Waals surface area contributed by atoms with Crippen molar-refractivity contribution in [2.75, 3.05) is 19.6 Å². The highest BCUT2D eigenvalue weighted by Gasteiger charge is 2.27. The van der Waals surface area contributed by atoms with Gasteiger partial charge in [-0.3, -0.25) is 9.69 Å². The summed E-state index contributed by atoms with van der Waals surface area (Å²) in [4.78, 5) is 21.0. The smallest absolute Gasteiger partial charge is 0.270 e. The number of amides is 1. The number of hydrogen-bond acceptors (Lipinski definition) is 2. The maximum absolute atomic E-state index is 13.2. The number of fused-ring (bicyclic) bond motifs is 1. The average Bonchev–Trinajstić information content (AvgIpc) is 3.18. The van der Waals surface area contributed by atoms with Gasteiger partial charge in [-0.25, -0.2) is 0 Å². The molecule has 5 heteroatoms. The molecule has 4 rings (SSSR count). The van der Waals surface area contributed by atoms with Gasteiger partial charge < -0.3 is 9.88 Å². The molecule has 4 nitrogen and oxygen atoms in total. The van der Waals surface area contributed by atoms with Crippen LogP contribution in [0.5, 0.6) is 0 Å². The second kappa shape index (κ2) is 9.23. The number of nitrogens with zero attached hydrogens (tertiary/aromatic N) is 2. The predicted octanol–water partition coefficient (Wildman–Crippen LogP) is 5.58. The lowest BCUT2D eigenvalue weighted by Gasteiger charge is -2.36. The highest BCUT2D eigenvalue weighted by molar-refractivity contribution is 6.31. The summed E-state index contributed by atoms with van der Waals surface area (Å²) in [5, 5.41) is 1.92. The number of nitrogens with one attached hydrogen (secondary N) is 1. The van der Waals surface area contributed by atoms with E-state index in [0.29, 0.717) is 11.6 Å². The summed E-state index contributed by atoms with van der Waals surface area (Å²) in [5.41, 5.74) is 2.88. The highest BCUT2D eigenvalue weighted by Crippen LogP contribution is 2.24. The first-order valence-electron chi connectivity index (χ1n) is 10.9. The summed E-state index contributed by atoms with van der Waals surface area (Å²) in [6.07, 6.45) is 2.21. The van der Waals surface area contributed by atoms with Gasteiger partial charge in [0.05, 0.1) is 0 Å². The van der Waals surface area contributed by atoms with Gasteiger partial charge >= 0.3 is 0 Å². The Balaban J connectivity index is 1.37. The van der Waals surface area contributed by atoms with E-state index in [4.69, 9.17) is 11.6 Å². The first-order valence-corrected chi connectivity index (χ1v) is 11.2. The van der Waals surface area contributed by atoms with Gasteiger partial charge in [0, 0.05) is 35.1 Å². The van der Waals surface area contributed by atoms with Crippen LogP contribution < -0.4 is 0 Å². The Bertz CT molecular complexity index is 971. The zero-order chi connectivity index (χ0) is 21.1. The molecule has 1 fully saturated rings. The minimum atomic E-state index is 0.0969. The Morgan fingerprint density at radius 2 is 1.83 bits per heavy atom. The topological polar surface area (TPSA) is 39.3 Å². The number of aromatic amines is 1. The van der Waals surface area contributed by atoms with Crippen LogP contribution in [0.25, 0.3) is 10.9 Å². The average molecular weight is 424 g/mol. The SMILES string of the molecule is CC(C)N(CC1CCN(Cc2ccccc2Cl)CC1)C(=O)c1cc2ccccc2[nH]1. The van der Waals surface area contributed by atoms with E-state index in [9.17, 15) is 4.79 Å². The summed E-state index contributed by atoms with van der Waals surface area (Å²) in [5.74, 6) is 0.628. The number of piperidine rings is 1. The van der Waals surface area contributed by atoms with E-state index in [1.807, 2.05) is 53.4 Å². The van der Waals surface area contributed by atoms with E-state index >= 15 is 0 Å². The molecule has 0 radical (unpaired) electrons. The molecular weight excluding hydrogens is 394 g/mol. The summed E-state index contributed by atoms with van der Waals surface area (Å²) in [7, 11) is 0.